The number of aryl methyl sites for hydroxylation is 1. The number of thiophene rings is 1. The van der Waals surface area contributed by atoms with Gasteiger partial charge in [-0.25, -0.2) is 4.79 Å². The van der Waals surface area contributed by atoms with Crippen LogP contribution in [0.15, 0.2) is 0 Å². The van der Waals surface area contributed by atoms with E-state index in [1.165, 1.54) is 11.3 Å². The summed E-state index contributed by atoms with van der Waals surface area (Å²) in [5, 5.41) is 0.736. The van der Waals surface area contributed by atoms with Gasteiger partial charge in [0.2, 0.25) is 5.91 Å². The highest BCUT2D eigenvalue weighted by atomic mass is 32.1. The number of rotatable bonds is 3. The number of amides is 1. The van der Waals surface area contributed by atoms with Crippen molar-refractivity contribution in [1.82, 2.24) is 0 Å². The van der Waals surface area contributed by atoms with E-state index in [2.05, 4.69) is 12.6 Å². The molecule has 1 aromatic heterocycles. The topological polar surface area (TPSA) is 46.6 Å². The fourth-order valence-corrected chi connectivity index (χ4v) is 3.62. The van der Waals surface area contributed by atoms with Crippen molar-refractivity contribution in [2.24, 2.45) is 0 Å². The molecule has 1 amide bonds. The minimum absolute atomic E-state index is 0.0202. The SMILES string of the molecule is CCOC(=O)c1c(N2CC(S)CC2=O)sc(C)c1C. The quantitative estimate of drug-likeness (QED) is 0.689. The number of nitrogens with zero attached hydrogens (tertiary/aromatic N) is 1. The molecule has 0 radical (unpaired) electrons. The smallest absolute Gasteiger partial charge is 0.341 e. The van der Waals surface area contributed by atoms with Gasteiger partial charge in [0.25, 0.3) is 0 Å². The number of anilines is 1. The lowest BCUT2D eigenvalue weighted by Crippen LogP contribution is -2.25. The summed E-state index contributed by atoms with van der Waals surface area (Å²) in [6.07, 6.45) is 0.418. The van der Waals surface area contributed by atoms with Gasteiger partial charge in [0.15, 0.2) is 0 Å². The number of carbonyl (C=O) groups is 2. The lowest BCUT2D eigenvalue weighted by atomic mass is 10.1. The summed E-state index contributed by atoms with van der Waals surface area (Å²) >= 11 is 5.82. The van der Waals surface area contributed by atoms with Gasteiger partial charge in [-0.1, -0.05) is 0 Å². The fourth-order valence-electron chi connectivity index (χ4n) is 2.13. The number of hydrogen-bond acceptors (Lipinski definition) is 5. The van der Waals surface area contributed by atoms with Crippen LogP contribution >= 0.6 is 24.0 Å². The van der Waals surface area contributed by atoms with Crippen molar-refractivity contribution in [3.05, 3.63) is 16.0 Å². The number of thiol groups is 1. The number of hydrogen-bond donors (Lipinski definition) is 1. The summed E-state index contributed by atoms with van der Waals surface area (Å²) < 4.78 is 5.10. The number of esters is 1. The van der Waals surface area contributed by atoms with Crippen LogP contribution in [-0.4, -0.2) is 30.3 Å². The average molecular weight is 299 g/mol. The van der Waals surface area contributed by atoms with Crippen LogP contribution in [0.3, 0.4) is 0 Å². The highest BCUT2D eigenvalue weighted by molar-refractivity contribution is 7.81. The molecule has 1 aromatic rings. The van der Waals surface area contributed by atoms with Crippen LogP contribution in [0.1, 0.15) is 34.1 Å². The largest absolute Gasteiger partial charge is 0.462 e. The van der Waals surface area contributed by atoms with Crippen molar-refractivity contribution in [3.8, 4) is 0 Å². The maximum Gasteiger partial charge on any atom is 0.341 e. The van der Waals surface area contributed by atoms with Gasteiger partial charge in [-0.2, -0.15) is 12.6 Å². The molecular formula is C13H17NO3S2. The van der Waals surface area contributed by atoms with Crippen LogP contribution in [0.2, 0.25) is 0 Å². The molecule has 4 nitrogen and oxygen atoms in total. The average Bonchev–Trinajstić information content (AvgIpc) is 2.80. The van der Waals surface area contributed by atoms with E-state index in [0.717, 1.165) is 10.4 Å². The Balaban J connectivity index is 2.43. The van der Waals surface area contributed by atoms with Gasteiger partial charge < -0.3 is 9.64 Å². The number of carbonyl (C=O) groups excluding carboxylic acids is 2. The summed E-state index contributed by atoms with van der Waals surface area (Å²) in [4.78, 5) is 26.7. The van der Waals surface area contributed by atoms with Gasteiger partial charge in [-0.15, -0.1) is 11.3 Å². The lowest BCUT2D eigenvalue weighted by molar-refractivity contribution is -0.116. The summed E-state index contributed by atoms with van der Waals surface area (Å²) in [5.41, 5.74) is 1.42. The van der Waals surface area contributed by atoms with E-state index in [4.69, 9.17) is 4.74 Å². The molecule has 6 heteroatoms. The minimum Gasteiger partial charge on any atom is -0.462 e. The first-order valence-electron chi connectivity index (χ1n) is 6.21. The predicted octanol–water partition coefficient (Wildman–Crippen LogP) is 2.58. The molecule has 2 rings (SSSR count). The Kier molecular flexibility index (Phi) is 4.20. The van der Waals surface area contributed by atoms with E-state index in [1.807, 2.05) is 13.8 Å². The Bertz CT molecular complexity index is 524. The van der Waals surface area contributed by atoms with Crippen molar-refractivity contribution < 1.29 is 14.3 Å². The normalized spacial score (nSPS) is 19.1. The summed E-state index contributed by atoms with van der Waals surface area (Å²) in [6, 6.07) is 0. The van der Waals surface area contributed by atoms with Crippen LogP contribution in [0.5, 0.6) is 0 Å². The van der Waals surface area contributed by atoms with E-state index < -0.39 is 0 Å². The molecule has 2 heterocycles. The van der Waals surface area contributed by atoms with Gasteiger partial charge in [-0.05, 0) is 26.3 Å². The van der Waals surface area contributed by atoms with Gasteiger partial charge in [0.05, 0.1) is 12.2 Å². The maximum atomic E-state index is 12.1. The zero-order chi connectivity index (χ0) is 14.2. The van der Waals surface area contributed by atoms with Gasteiger partial charge in [0, 0.05) is 23.1 Å². The van der Waals surface area contributed by atoms with Gasteiger partial charge in [-0.3, -0.25) is 4.79 Å². The molecule has 0 N–H and O–H groups in total. The number of ether oxygens (including phenoxy) is 1. The molecule has 0 spiro atoms. The molecule has 1 aliphatic heterocycles. The molecule has 104 valence electrons. The van der Waals surface area contributed by atoms with E-state index in [9.17, 15) is 9.59 Å². The Labute approximate surface area is 122 Å². The third-order valence-electron chi connectivity index (χ3n) is 3.20. The van der Waals surface area contributed by atoms with Crippen LogP contribution in [0, 0.1) is 13.8 Å². The molecule has 1 unspecified atom stereocenters. The van der Waals surface area contributed by atoms with E-state index in [1.54, 1.807) is 11.8 Å². The van der Waals surface area contributed by atoms with Crippen molar-refractivity contribution in [2.45, 2.75) is 32.4 Å². The Morgan fingerprint density at radius 3 is 2.74 bits per heavy atom. The second-order valence-electron chi connectivity index (χ2n) is 4.55. The van der Waals surface area contributed by atoms with Gasteiger partial charge in [0.1, 0.15) is 5.00 Å². The van der Waals surface area contributed by atoms with Crippen LogP contribution in [0.4, 0.5) is 5.00 Å². The first-order valence-corrected chi connectivity index (χ1v) is 7.54. The Morgan fingerprint density at radius 2 is 2.21 bits per heavy atom. The molecule has 1 aliphatic rings. The zero-order valence-electron chi connectivity index (χ0n) is 11.2. The second kappa shape index (κ2) is 5.54. The van der Waals surface area contributed by atoms with Crippen LogP contribution < -0.4 is 4.90 Å². The zero-order valence-corrected chi connectivity index (χ0v) is 12.9. The fraction of sp³-hybridized carbons (Fsp3) is 0.538. The minimum atomic E-state index is -0.352. The highest BCUT2D eigenvalue weighted by Gasteiger charge is 2.33. The van der Waals surface area contributed by atoms with Crippen molar-refractivity contribution in [3.63, 3.8) is 0 Å². The molecular weight excluding hydrogens is 282 g/mol. The third kappa shape index (κ3) is 2.65. The summed E-state index contributed by atoms with van der Waals surface area (Å²) in [6.45, 7) is 6.49. The predicted molar refractivity (Wildman–Crippen MR) is 79.5 cm³/mol. The lowest BCUT2D eigenvalue weighted by Gasteiger charge is -2.15. The standard InChI is InChI=1S/C13H17NO3S2/c1-4-17-13(16)11-7(2)8(3)19-12(11)14-6-9(18)5-10(14)15/h9,18H,4-6H2,1-3H3. The summed E-state index contributed by atoms with van der Waals surface area (Å²) in [5.74, 6) is -0.332. The van der Waals surface area contributed by atoms with Crippen molar-refractivity contribution in [1.29, 1.82) is 0 Å². The Hall–Kier alpha value is -1.01. The molecule has 0 bridgehead atoms. The molecule has 0 aromatic carbocycles. The molecule has 1 atom stereocenters. The summed E-state index contributed by atoms with van der Waals surface area (Å²) in [7, 11) is 0. The first-order chi connectivity index (χ1) is 8.95. The second-order valence-corrected chi connectivity index (χ2v) is 6.48. The van der Waals surface area contributed by atoms with E-state index in [-0.39, 0.29) is 17.1 Å². The molecule has 1 saturated heterocycles. The van der Waals surface area contributed by atoms with E-state index in [0.29, 0.717) is 30.1 Å². The van der Waals surface area contributed by atoms with Crippen LogP contribution in [0.25, 0.3) is 0 Å². The van der Waals surface area contributed by atoms with Gasteiger partial charge >= 0.3 is 5.97 Å². The monoisotopic (exact) mass is 299 g/mol. The molecule has 0 aliphatic carbocycles. The Morgan fingerprint density at radius 1 is 1.53 bits per heavy atom. The van der Waals surface area contributed by atoms with Crippen LogP contribution in [-0.2, 0) is 9.53 Å². The molecule has 0 saturated carbocycles. The van der Waals surface area contributed by atoms with E-state index >= 15 is 0 Å². The van der Waals surface area contributed by atoms with Crippen molar-refractivity contribution in [2.75, 3.05) is 18.1 Å². The third-order valence-corrected chi connectivity index (χ3v) is 4.77. The van der Waals surface area contributed by atoms with Crippen molar-refractivity contribution >= 4 is 40.8 Å². The maximum absolute atomic E-state index is 12.1. The molecule has 19 heavy (non-hydrogen) atoms. The molecule has 1 fully saturated rings. The highest BCUT2D eigenvalue weighted by Crippen LogP contribution is 2.38. The first kappa shape index (κ1) is 14.4.